The summed E-state index contributed by atoms with van der Waals surface area (Å²) in [6.45, 7) is 5.55. The van der Waals surface area contributed by atoms with Gasteiger partial charge in [0.1, 0.15) is 11.4 Å². The molecule has 0 aromatic heterocycles. The van der Waals surface area contributed by atoms with E-state index in [1.54, 1.807) is 39.0 Å². The van der Waals surface area contributed by atoms with Gasteiger partial charge in [0.2, 0.25) is 0 Å². The van der Waals surface area contributed by atoms with Gasteiger partial charge in [-0.25, -0.2) is 4.79 Å². The second kappa shape index (κ2) is 6.25. The average Bonchev–Trinajstić information content (AvgIpc) is 2.27. The highest BCUT2D eigenvalue weighted by atomic mass is 79.9. The first-order chi connectivity index (χ1) is 8.74. The number of alkyl carbamates (subject to hydrolysis) is 1. The predicted molar refractivity (Wildman–Crippen MR) is 77.0 cm³/mol. The molecule has 0 fully saturated rings. The van der Waals surface area contributed by atoms with Crippen molar-refractivity contribution in [1.29, 1.82) is 0 Å². The number of halogens is 1. The first kappa shape index (κ1) is 15.8. The molecule has 0 saturated heterocycles. The number of carbonyl (C=O) groups is 1. The highest BCUT2D eigenvalue weighted by Crippen LogP contribution is 2.31. The van der Waals surface area contributed by atoms with Crippen molar-refractivity contribution in [1.82, 2.24) is 5.32 Å². The Bertz CT molecular complexity index is 458. The van der Waals surface area contributed by atoms with Gasteiger partial charge in [-0.1, -0.05) is 12.1 Å². The molecule has 4 N–H and O–H groups in total. The second-order valence-electron chi connectivity index (χ2n) is 5.11. The molecule has 106 valence electrons. The molecular weight excluding hydrogens is 312 g/mol. The summed E-state index contributed by atoms with van der Waals surface area (Å²) >= 11 is 3.28. The van der Waals surface area contributed by atoms with Gasteiger partial charge in [0.05, 0.1) is 10.5 Å². The van der Waals surface area contributed by atoms with Crippen LogP contribution in [-0.2, 0) is 4.74 Å². The molecule has 0 aliphatic heterocycles. The number of phenolic OH excluding ortho intramolecular Hbond substituents is 1. The number of phenols is 1. The van der Waals surface area contributed by atoms with Crippen molar-refractivity contribution in [2.75, 3.05) is 6.54 Å². The van der Waals surface area contributed by atoms with Gasteiger partial charge in [-0.15, -0.1) is 0 Å². The Morgan fingerprint density at radius 2 is 2.16 bits per heavy atom. The Morgan fingerprint density at radius 3 is 2.68 bits per heavy atom. The number of benzene rings is 1. The SMILES string of the molecule is CC(C)(C)OC(=O)NC(CN)c1cccc(O)c1Br. The Kier molecular flexibility index (Phi) is 5.20. The summed E-state index contributed by atoms with van der Waals surface area (Å²) < 4.78 is 5.69. The van der Waals surface area contributed by atoms with Crippen LogP contribution in [0.4, 0.5) is 4.79 Å². The summed E-state index contributed by atoms with van der Waals surface area (Å²) in [5.41, 5.74) is 5.80. The van der Waals surface area contributed by atoms with Crippen molar-refractivity contribution in [3.05, 3.63) is 28.2 Å². The third-order valence-electron chi connectivity index (χ3n) is 2.31. The quantitative estimate of drug-likeness (QED) is 0.795. The van der Waals surface area contributed by atoms with E-state index in [0.717, 1.165) is 0 Å². The maximum Gasteiger partial charge on any atom is 0.408 e. The first-order valence-corrected chi connectivity index (χ1v) is 6.71. The van der Waals surface area contributed by atoms with E-state index >= 15 is 0 Å². The van der Waals surface area contributed by atoms with Crippen molar-refractivity contribution in [3.8, 4) is 5.75 Å². The van der Waals surface area contributed by atoms with Crippen molar-refractivity contribution >= 4 is 22.0 Å². The summed E-state index contributed by atoms with van der Waals surface area (Å²) in [5, 5.41) is 12.3. The van der Waals surface area contributed by atoms with Crippen LogP contribution in [0, 0.1) is 0 Å². The Morgan fingerprint density at radius 1 is 1.53 bits per heavy atom. The van der Waals surface area contributed by atoms with E-state index in [1.165, 1.54) is 0 Å². The van der Waals surface area contributed by atoms with Crippen LogP contribution >= 0.6 is 15.9 Å². The van der Waals surface area contributed by atoms with Crippen LogP contribution in [0.15, 0.2) is 22.7 Å². The molecule has 1 amide bonds. The minimum atomic E-state index is -0.570. The number of amides is 1. The van der Waals surface area contributed by atoms with E-state index in [2.05, 4.69) is 21.2 Å². The van der Waals surface area contributed by atoms with Crippen LogP contribution < -0.4 is 11.1 Å². The number of ether oxygens (including phenoxy) is 1. The van der Waals surface area contributed by atoms with E-state index in [9.17, 15) is 9.90 Å². The fourth-order valence-electron chi connectivity index (χ4n) is 1.52. The van der Waals surface area contributed by atoms with Crippen LogP contribution in [0.1, 0.15) is 32.4 Å². The minimum Gasteiger partial charge on any atom is -0.507 e. The van der Waals surface area contributed by atoms with Crippen LogP contribution in [0.25, 0.3) is 0 Å². The molecule has 1 aromatic rings. The summed E-state index contributed by atoms with van der Waals surface area (Å²) in [4.78, 5) is 11.7. The smallest absolute Gasteiger partial charge is 0.408 e. The standard InChI is InChI=1S/C13H19BrN2O3/c1-13(2,3)19-12(18)16-9(7-15)8-5-4-6-10(17)11(8)14/h4-6,9,17H,7,15H2,1-3H3,(H,16,18). The molecule has 1 aromatic carbocycles. The number of rotatable bonds is 3. The van der Waals surface area contributed by atoms with Crippen molar-refractivity contribution < 1.29 is 14.6 Å². The Hall–Kier alpha value is -1.27. The molecule has 0 heterocycles. The highest BCUT2D eigenvalue weighted by Gasteiger charge is 2.21. The fourth-order valence-corrected chi connectivity index (χ4v) is 2.06. The summed E-state index contributed by atoms with van der Waals surface area (Å²) in [6, 6.07) is 4.58. The van der Waals surface area contributed by atoms with Crippen LogP contribution in [0.5, 0.6) is 5.75 Å². The van der Waals surface area contributed by atoms with Gasteiger partial charge in [-0.2, -0.15) is 0 Å². The molecular formula is C13H19BrN2O3. The summed E-state index contributed by atoms with van der Waals surface area (Å²) in [5.74, 6) is 0.0990. The fraction of sp³-hybridized carbons (Fsp3) is 0.462. The van der Waals surface area contributed by atoms with E-state index in [1.807, 2.05) is 0 Å². The molecule has 0 bridgehead atoms. The maximum atomic E-state index is 11.7. The lowest BCUT2D eigenvalue weighted by atomic mass is 10.1. The molecule has 0 aliphatic carbocycles. The molecule has 0 aliphatic rings. The monoisotopic (exact) mass is 330 g/mol. The van der Waals surface area contributed by atoms with Gasteiger partial charge in [0.15, 0.2) is 0 Å². The van der Waals surface area contributed by atoms with Gasteiger partial charge >= 0.3 is 6.09 Å². The summed E-state index contributed by atoms with van der Waals surface area (Å²) in [7, 11) is 0. The van der Waals surface area contributed by atoms with Crippen LogP contribution in [0.2, 0.25) is 0 Å². The third-order valence-corrected chi connectivity index (χ3v) is 3.17. The zero-order valence-corrected chi connectivity index (χ0v) is 12.8. The van der Waals surface area contributed by atoms with E-state index in [4.69, 9.17) is 10.5 Å². The number of aromatic hydroxyl groups is 1. The van der Waals surface area contributed by atoms with E-state index in [-0.39, 0.29) is 12.3 Å². The number of nitrogens with two attached hydrogens (primary N) is 1. The zero-order chi connectivity index (χ0) is 14.6. The van der Waals surface area contributed by atoms with Crippen LogP contribution in [-0.4, -0.2) is 23.3 Å². The number of hydrogen-bond acceptors (Lipinski definition) is 4. The van der Waals surface area contributed by atoms with Gasteiger partial charge in [-0.05, 0) is 48.3 Å². The van der Waals surface area contributed by atoms with Gasteiger partial charge in [0.25, 0.3) is 0 Å². The largest absolute Gasteiger partial charge is 0.507 e. The predicted octanol–water partition coefficient (Wildman–Crippen LogP) is 2.68. The van der Waals surface area contributed by atoms with E-state index in [0.29, 0.717) is 10.0 Å². The number of nitrogens with one attached hydrogen (secondary N) is 1. The topological polar surface area (TPSA) is 84.6 Å². The molecule has 6 heteroatoms. The number of carbonyl (C=O) groups excluding carboxylic acids is 1. The molecule has 1 unspecified atom stereocenters. The van der Waals surface area contributed by atoms with Crippen molar-refractivity contribution in [2.45, 2.75) is 32.4 Å². The first-order valence-electron chi connectivity index (χ1n) is 5.91. The van der Waals surface area contributed by atoms with Crippen molar-refractivity contribution in [3.63, 3.8) is 0 Å². The molecule has 19 heavy (non-hydrogen) atoms. The Balaban J connectivity index is 2.84. The highest BCUT2D eigenvalue weighted by molar-refractivity contribution is 9.10. The molecule has 5 nitrogen and oxygen atoms in total. The third kappa shape index (κ3) is 4.72. The average molecular weight is 331 g/mol. The van der Waals surface area contributed by atoms with Crippen molar-refractivity contribution in [2.24, 2.45) is 5.73 Å². The number of hydrogen-bond donors (Lipinski definition) is 3. The lowest BCUT2D eigenvalue weighted by molar-refractivity contribution is 0.0505. The second-order valence-corrected chi connectivity index (χ2v) is 5.91. The Labute approximate surface area is 121 Å². The maximum absolute atomic E-state index is 11.7. The molecule has 1 atom stereocenters. The molecule has 0 spiro atoms. The lowest BCUT2D eigenvalue weighted by Crippen LogP contribution is -2.37. The van der Waals surface area contributed by atoms with Gasteiger partial charge in [-0.3, -0.25) is 0 Å². The lowest BCUT2D eigenvalue weighted by Gasteiger charge is -2.23. The summed E-state index contributed by atoms with van der Waals surface area (Å²) in [6.07, 6.45) is -0.543. The van der Waals surface area contributed by atoms with Gasteiger partial charge < -0.3 is 20.9 Å². The van der Waals surface area contributed by atoms with Crippen LogP contribution in [0.3, 0.4) is 0 Å². The molecule has 0 saturated carbocycles. The molecule has 1 rings (SSSR count). The normalized spacial score (nSPS) is 12.9. The zero-order valence-electron chi connectivity index (χ0n) is 11.2. The van der Waals surface area contributed by atoms with Gasteiger partial charge in [0, 0.05) is 6.54 Å². The molecule has 0 radical (unpaired) electrons. The van der Waals surface area contributed by atoms with E-state index < -0.39 is 17.7 Å². The minimum absolute atomic E-state index is 0.0990.